The molecule has 1 rings (SSSR count). The van der Waals surface area contributed by atoms with Crippen LogP contribution in [0.15, 0.2) is 12.7 Å². The van der Waals surface area contributed by atoms with Crippen LogP contribution in [0.25, 0.3) is 0 Å². The van der Waals surface area contributed by atoms with Gasteiger partial charge in [0.05, 0.1) is 6.61 Å². The lowest BCUT2D eigenvalue weighted by Gasteiger charge is -2.22. The minimum Gasteiger partial charge on any atom is -0.460 e. The van der Waals surface area contributed by atoms with Crippen molar-refractivity contribution in [1.29, 1.82) is 0 Å². The minimum atomic E-state index is -0.501. The first-order valence-electron chi connectivity index (χ1n) is 6.41. The maximum Gasteiger partial charge on any atom is 0.410 e. The van der Waals surface area contributed by atoms with E-state index in [-0.39, 0.29) is 12.6 Å². The second-order valence-electron chi connectivity index (χ2n) is 4.24. The molecule has 5 heteroatoms. The highest BCUT2D eigenvalue weighted by Crippen LogP contribution is 2.19. The molecule has 0 N–H and O–H groups in total. The lowest BCUT2D eigenvalue weighted by atomic mass is 10.2. The van der Waals surface area contributed by atoms with Crippen molar-refractivity contribution in [1.82, 2.24) is 4.90 Å². The van der Waals surface area contributed by atoms with Crippen LogP contribution in [0.3, 0.4) is 0 Å². The van der Waals surface area contributed by atoms with E-state index in [4.69, 9.17) is 9.47 Å². The van der Waals surface area contributed by atoms with Crippen LogP contribution in [0.4, 0.5) is 4.79 Å². The summed E-state index contributed by atoms with van der Waals surface area (Å²) in [7, 11) is 0. The van der Waals surface area contributed by atoms with Crippen LogP contribution in [0.1, 0.15) is 32.6 Å². The van der Waals surface area contributed by atoms with Gasteiger partial charge < -0.3 is 9.47 Å². The summed E-state index contributed by atoms with van der Waals surface area (Å²) in [5.74, 6) is -0.375. The topological polar surface area (TPSA) is 55.8 Å². The van der Waals surface area contributed by atoms with E-state index in [9.17, 15) is 9.59 Å². The Kier molecular flexibility index (Phi) is 6.25. The molecule has 5 nitrogen and oxygen atoms in total. The van der Waals surface area contributed by atoms with Gasteiger partial charge in [-0.25, -0.2) is 9.59 Å². The van der Waals surface area contributed by atoms with Gasteiger partial charge in [0.1, 0.15) is 12.6 Å². The molecular formula is C13H21NO4. The Morgan fingerprint density at radius 1 is 1.44 bits per heavy atom. The number of unbranched alkanes of at least 4 members (excludes halogenated alkanes) is 1. The van der Waals surface area contributed by atoms with E-state index in [0.29, 0.717) is 19.6 Å². The second-order valence-corrected chi connectivity index (χ2v) is 4.24. The average Bonchev–Trinajstić information content (AvgIpc) is 2.85. The van der Waals surface area contributed by atoms with Crippen LogP contribution in [0, 0.1) is 0 Å². The molecule has 0 aliphatic carbocycles. The number of nitrogens with zero attached hydrogens (tertiary/aromatic N) is 1. The van der Waals surface area contributed by atoms with Gasteiger partial charge in [-0.2, -0.15) is 0 Å². The number of rotatable bonds is 6. The smallest absolute Gasteiger partial charge is 0.410 e. The number of hydrogen-bond donors (Lipinski definition) is 0. The fraction of sp³-hybridized carbons (Fsp3) is 0.692. The van der Waals surface area contributed by atoms with Crippen molar-refractivity contribution in [3.63, 3.8) is 0 Å². The van der Waals surface area contributed by atoms with E-state index in [1.165, 1.54) is 11.0 Å². The summed E-state index contributed by atoms with van der Waals surface area (Å²) in [6.45, 7) is 6.64. The van der Waals surface area contributed by atoms with E-state index >= 15 is 0 Å². The predicted octanol–water partition coefficient (Wildman–Crippen LogP) is 2.12. The maximum atomic E-state index is 11.8. The Labute approximate surface area is 108 Å². The highest BCUT2D eigenvalue weighted by Gasteiger charge is 2.36. The zero-order valence-electron chi connectivity index (χ0n) is 10.9. The molecule has 1 atom stereocenters. The first kappa shape index (κ1) is 14.5. The third kappa shape index (κ3) is 4.05. The highest BCUT2D eigenvalue weighted by molar-refractivity contribution is 5.82. The van der Waals surface area contributed by atoms with E-state index < -0.39 is 12.1 Å². The number of ether oxygens (including phenoxy) is 2. The third-order valence-corrected chi connectivity index (χ3v) is 2.83. The van der Waals surface area contributed by atoms with Crippen molar-refractivity contribution in [3.05, 3.63) is 12.7 Å². The number of carbonyl (C=O) groups excluding carboxylic acids is 2. The molecule has 1 aliphatic heterocycles. The Hall–Kier alpha value is -1.52. The van der Waals surface area contributed by atoms with Crippen LogP contribution in [0.5, 0.6) is 0 Å². The quantitative estimate of drug-likeness (QED) is 0.414. The zero-order valence-corrected chi connectivity index (χ0v) is 10.9. The molecule has 0 aromatic carbocycles. The number of carbonyl (C=O) groups is 2. The Morgan fingerprint density at radius 3 is 2.89 bits per heavy atom. The van der Waals surface area contributed by atoms with Gasteiger partial charge in [0.2, 0.25) is 0 Å². The fourth-order valence-corrected chi connectivity index (χ4v) is 1.85. The SMILES string of the molecule is C=CCOC(=O)[C@@H]1CCCN1C(=O)OCCCC. The van der Waals surface area contributed by atoms with Gasteiger partial charge in [-0.1, -0.05) is 26.0 Å². The Bertz CT molecular complexity index is 303. The van der Waals surface area contributed by atoms with Crippen molar-refractivity contribution in [2.75, 3.05) is 19.8 Å². The Balaban J connectivity index is 2.45. The summed E-state index contributed by atoms with van der Waals surface area (Å²) in [6, 6.07) is -0.501. The Morgan fingerprint density at radius 2 is 2.22 bits per heavy atom. The molecule has 0 aromatic heterocycles. The summed E-state index contributed by atoms with van der Waals surface area (Å²) in [4.78, 5) is 25.0. The largest absolute Gasteiger partial charge is 0.460 e. The molecule has 0 spiro atoms. The van der Waals surface area contributed by atoms with Gasteiger partial charge in [-0.05, 0) is 19.3 Å². The number of likely N-dealkylation sites (tertiary alicyclic amines) is 1. The average molecular weight is 255 g/mol. The molecule has 1 fully saturated rings. The molecule has 0 unspecified atom stereocenters. The molecule has 0 radical (unpaired) electrons. The van der Waals surface area contributed by atoms with Gasteiger partial charge in [0.15, 0.2) is 0 Å². The van der Waals surface area contributed by atoms with Crippen molar-refractivity contribution in [3.8, 4) is 0 Å². The minimum absolute atomic E-state index is 0.175. The first-order valence-corrected chi connectivity index (χ1v) is 6.41. The van der Waals surface area contributed by atoms with Crippen molar-refractivity contribution < 1.29 is 19.1 Å². The zero-order chi connectivity index (χ0) is 13.4. The summed E-state index contributed by atoms with van der Waals surface area (Å²) in [5.41, 5.74) is 0. The molecule has 102 valence electrons. The summed E-state index contributed by atoms with van der Waals surface area (Å²) in [5, 5.41) is 0. The van der Waals surface area contributed by atoms with Crippen molar-refractivity contribution in [2.45, 2.75) is 38.6 Å². The highest BCUT2D eigenvalue weighted by atomic mass is 16.6. The molecule has 1 aliphatic rings. The number of esters is 1. The standard InChI is InChI=1S/C13H21NO4/c1-3-5-10-18-13(16)14-8-6-7-11(14)12(15)17-9-4-2/h4,11H,2-3,5-10H2,1H3/t11-/m0/s1. The molecule has 1 amide bonds. The molecule has 1 heterocycles. The van der Waals surface area contributed by atoms with Crippen LogP contribution in [-0.2, 0) is 14.3 Å². The third-order valence-electron chi connectivity index (χ3n) is 2.83. The lowest BCUT2D eigenvalue weighted by molar-refractivity contribution is -0.147. The van der Waals surface area contributed by atoms with Gasteiger partial charge in [0, 0.05) is 6.54 Å². The molecular weight excluding hydrogens is 234 g/mol. The predicted molar refractivity (Wildman–Crippen MR) is 67.1 cm³/mol. The van der Waals surface area contributed by atoms with Crippen LogP contribution in [0.2, 0.25) is 0 Å². The van der Waals surface area contributed by atoms with E-state index in [0.717, 1.165) is 19.3 Å². The lowest BCUT2D eigenvalue weighted by Crippen LogP contribution is -2.41. The van der Waals surface area contributed by atoms with Gasteiger partial charge in [-0.3, -0.25) is 4.90 Å². The van der Waals surface area contributed by atoms with Gasteiger partial charge in [-0.15, -0.1) is 0 Å². The summed E-state index contributed by atoms with van der Waals surface area (Å²) in [6.07, 6.45) is 4.34. The molecule has 1 saturated heterocycles. The van der Waals surface area contributed by atoms with Crippen LogP contribution in [-0.4, -0.2) is 42.8 Å². The summed E-state index contributed by atoms with van der Waals surface area (Å²) < 4.78 is 10.1. The second kappa shape index (κ2) is 7.74. The summed E-state index contributed by atoms with van der Waals surface area (Å²) >= 11 is 0. The van der Waals surface area contributed by atoms with Crippen molar-refractivity contribution in [2.24, 2.45) is 0 Å². The monoisotopic (exact) mass is 255 g/mol. The van der Waals surface area contributed by atoms with Crippen LogP contribution < -0.4 is 0 Å². The fourth-order valence-electron chi connectivity index (χ4n) is 1.85. The van der Waals surface area contributed by atoms with Crippen LogP contribution >= 0.6 is 0 Å². The maximum absolute atomic E-state index is 11.8. The molecule has 18 heavy (non-hydrogen) atoms. The van der Waals surface area contributed by atoms with Gasteiger partial charge >= 0.3 is 12.1 Å². The van der Waals surface area contributed by atoms with E-state index in [1.54, 1.807) is 0 Å². The normalized spacial score (nSPS) is 18.5. The van der Waals surface area contributed by atoms with E-state index in [1.807, 2.05) is 6.92 Å². The number of hydrogen-bond acceptors (Lipinski definition) is 4. The van der Waals surface area contributed by atoms with Crippen molar-refractivity contribution >= 4 is 12.1 Å². The molecule has 0 aromatic rings. The number of amides is 1. The molecule has 0 bridgehead atoms. The first-order chi connectivity index (χ1) is 8.70. The van der Waals surface area contributed by atoms with Gasteiger partial charge in [0.25, 0.3) is 0 Å². The van der Waals surface area contributed by atoms with E-state index in [2.05, 4.69) is 6.58 Å². The molecule has 0 saturated carbocycles.